The minimum atomic E-state index is -3.58. The van der Waals surface area contributed by atoms with Crippen LogP contribution in [0.4, 0.5) is 5.69 Å². The quantitative estimate of drug-likeness (QED) is 0.485. The molecule has 9 heteroatoms. The highest BCUT2D eigenvalue weighted by molar-refractivity contribution is 7.89. The summed E-state index contributed by atoms with van der Waals surface area (Å²) in [6.07, 6.45) is 1.69. The fraction of sp³-hybridized carbons (Fsp3) is 0.364. The van der Waals surface area contributed by atoms with Crippen molar-refractivity contribution >= 4 is 38.9 Å². The molecule has 0 aromatic heterocycles. The maximum absolute atomic E-state index is 12.4. The molecule has 168 valence electrons. The fourth-order valence-electron chi connectivity index (χ4n) is 2.47. The second-order valence-electron chi connectivity index (χ2n) is 7.22. The number of carbonyl (C=O) groups is 1. The molecule has 2 aromatic rings. The Morgan fingerprint density at radius 3 is 2.16 bits per heavy atom. The van der Waals surface area contributed by atoms with Crippen molar-refractivity contribution in [3.05, 3.63) is 54.1 Å². The summed E-state index contributed by atoms with van der Waals surface area (Å²) in [5, 5.41) is 5.59. The van der Waals surface area contributed by atoms with Gasteiger partial charge in [-0.1, -0.05) is 13.8 Å². The highest BCUT2D eigenvalue weighted by Crippen LogP contribution is 2.16. The summed E-state index contributed by atoms with van der Waals surface area (Å²) >= 11 is 5.19. The lowest BCUT2D eigenvalue weighted by molar-refractivity contribution is 0.0977. The summed E-state index contributed by atoms with van der Waals surface area (Å²) in [5.41, 5.74) is 1.00. The maximum Gasteiger partial charge on any atom is 0.257 e. The summed E-state index contributed by atoms with van der Waals surface area (Å²) in [6, 6.07) is 12.8. The lowest BCUT2D eigenvalue weighted by atomic mass is 10.2. The van der Waals surface area contributed by atoms with Crippen LogP contribution >= 0.6 is 12.2 Å². The summed E-state index contributed by atoms with van der Waals surface area (Å²) in [6.45, 7) is 7.73. The first-order valence-electron chi connectivity index (χ1n) is 10.2. The number of hydrogen-bond acceptors (Lipinski definition) is 5. The van der Waals surface area contributed by atoms with Crippen molar-refractivity contribution in [2.45, 2.75) is 57.6 Å². The smallest absolute Gasteiger partial charge is 0.257 e. The van der Waals surface area contributed by atoms with E-state index in [0.29, 0.717) is 23.4 Å². The Labute approximate surface area is 189 Å². The highest BCUT2D eigenvalue weighted by Gasteiger charge is 2.16. The molecule has 0 radical (unpaired) electrons. The molecular formula is C22H29N3O4S2. The Morgan fingerprint density at radius 2 is 1.61 bits per heavy atom. The number of benzene rings is 2. The number of rotatable bonds is 9. The second kappa shape index (κ2) is 11.2. The van der Waals surface area contributed by atoms with Crippen molar-refractivity contribution < 1.29 is 17.9 Å². The van der Waals surface area contributed by atoms with E-state index in [9.17, 15) is 13.2 Å². The molecule has 1 amide bonds. The highest BCUT2D eigenvalue weighted by atomic mass is 32.2. The third-order valence-electron chi connectivity index (χ3n) is 4.65. The van der Waals surface area contributed by atoms with E-state index in [-0.39, 0.29) is 28.1 Å². The lowest BCUT2D eigenvalue weighted by Gasteiger charge is -2.14. The molecule has 0 saturated carbocycles. The summed E-state index contributed by atoms with van der Waals surface area (Å²) in [7, 11) is -3.58. The molecule has 31 heavy (non-hydrogen) atoms. The van der Waals surface area contributed by atoms with E-state index in [4.69, 9.17) is 17.0 Å². The van der Waals surface area contributed by atoms with Crippen LogP contribution in [-0.2, 0) is 10.0 Å². The number of carbonyl (C=O) groups excluding carboxylic acids is 1. The minimum absolute atomic E-state index is 0.101. The molecule has 7 nitrogen and oxygen atoms in total. The van der Waals surface area contributed by atoms with Crippen LogP contribution in [0.5, 0.6) is 5.75 Å². The molecule has 0 saturated heterocycles. The fourth-order valence-corrected chi connectivity index (χ4v) is 4.01. The monoisotopic (exact) mass is 463 g/mol. The van der Waals surface area contributed by atoms with E-state index in [1.807, 2.05) is 20.8 Å². The number of thiocarbonyl (C=S) groups is 1. The molecule has 0 heterocycles. The number of amides is 1. The maximum atomic E-state index is 12.4. The van der Waals surface area contributed by atoms with E-state index in [1.54, 1.807) is 43.3 Å². The van der Waals surface area contributed by atoms with Gasteiger partial charge in [-0.2, -0.15) is 0 Å². The van der Waals surface area contributed by atoms with Crippen molar-refractivity contribution in [3.8, 4) is 5.75 Å². The molecule has 0 spiro atoms. The Kier molecular flexibility index (Phi) is 8.97. The van der Waals surface area contributed by atoms with Gasteiger partial charge >= 0.3 is 0 Å². The van der Waals surface area contributed by atoms with Gasteiger partial charge in [0.1, 0.15) is 5.75 Å². The van der Waals surface area contributed by atoms with Gasteiger partial charge in [-0.05, 0) is 87.4 Å². The van der Waals surface area contributed by atoms with Crippen LogP contribution in [0.2, 0.25) is 0 Å². The van der Waals surface area contributed by atoms with E-state index in [0.717, 1.165) is 6.42 Å². The van der Waals surface area contributed by atoms with Gasteiger partial charge in [0.05, 0.1) is 11.0 Å². The van der Waals surface area contributed by atoms with Crippen molar-refractivity contribution in [2.75, 3.05) is 5.32 Å². The van der Waals surface area contributed by atoms with Gasteiger partial charge in [0.15, 0.2) is 5.11 Å². The van der Waals surface area contributed by atoms with Crippen molar-refractivity contribution in [1.29, 1.82) is 0 Å². The predicted molar refractivity (Wildman–Crippen MR) is 127 cm³/mol. The largest absolute Gasteiger partial charge is 0.491 e. The average Bonchev–Trinajstić information content (AvgIpc) is 2.74. The number of anilines is 1. The van der Waals surface area contributed by atoms with Crippen LogP contribution < -0.4 is 20.1 Å². The Hall–Kier alpha value is -2.49. The van der Waals surface area contributed by atoms with Gasteiger partial charge in [-0.15, -0.1) is 0 Å². The number of nitrogens with one attached hydrogen (secondary N) is 3. The molecular weight excluding hydrogens is 434 g/mol. The Morgan fingerprint density at radius 1 is 1.00 bits per heavy atom. The van der Waals surface area contributed by atoms with Crippen molar-refractivity contribution in [3.63, 3.8) is 0 Å². The van der Waals surface area contributed by atoms with Gasteiger partial charge < -0.3 is 10.1 Å². The first-order chi connectivity index (χ1) is 14.6. The van der Waals surface area contributed by atoms with Crippen molar-refractivity contribution in [2.24, 2.45) is 0 Å². The standard InChI is InChI=1S/C22H29N3O4S2/c1-5-15(3)25-31(27,28)20-13-9-18(10-14-20)23-22(30)24-21(26)17-7-11-19(12-8-17)29-16(4)6-2/h7-16,25H,5-6H2,1-4H3,(H2,23,24,26,30). The first-order valence-corrected chi connectivity index (χ1v) is 12.0. The molecule has 2 aromatic carbocycles. The molecule has 0 aliphatic heterocycles. The van der Waals surface area contributed by atoms with E-state index in [2.05, 4.69) is 15.4 Å². The Bertz CT molecular complexity index is 990. The van der Waals surface area contributed by atoms with Crippen LogP contribution in [0.25, 0.3) is 0 Å². The predicted octanol–water partition coefficient (Wildman–Crippen LogP) is 4.07. The average molecular weight is 464 g/mol. The van der Waals surface area contributed by atoms with Crippen LogP contribution in [0.15, 0.2) is 53.4 Å². The van der Waals surface area contributed by atoms with Gasteiger partial charge in [-0.25, -0.2) is 13.1 Å². The van der Waals surface area contributed by atoms with Crippen LogP contribution in [-0.4, -0.2) is 31.6 Å². The zero-order chi connectivity index (χ0) is 23.0. The summed E-state index contributed by atoms with van der Waals surface area (Å²) < 4.78 is 32.9. The van der Waals surface area contributed by atoms with Gasteiger partial charge in [0.25, 0.3) is 5.91 Å². The van der Waals surface area contributed by atoms with E-state index in [1.165, 1.54) is 12.1 Å². The summed E-state index contributed by atoms with van der Waals surface area (Å²) in [4.78, 5) is 12.5. The van der Waals surface area contributed by atoms with Crippen molar-refractivity contribution in [1.82, 2.24) is 10.0 Å². The number of hydrogen-bond donors (Lipinski definition) is 3. The third-order valence-corrected chi connectivity index (χ3v) is 6.46. The zero-order valence-corrected chi connectivity index (χ0v) is 19.8. The molecule has 0 aliphatic rings. The summed E-state index contributed by atoms with van der Waals surface area (Å²) in [5.74, 6) is 0.342. The van der Waals surface area contributed by atoms with Crippen LogP contribution in [0.1, 0.15) is 50.9 Å². The first kappa shape index (κ1) is 24.8. The lowest BCUT2D eigenvalue weighted by Crippen LogP contribution is -2.34. The zero-order valence-electron chi connectivity index (χ0n) is 18.1. The molecule has 2 rings (SSSR count). The topological polar surface area (TPSA) is 96.5 Å². The molecule has 2 atom stereocenters. The van der Waals surface area contributed by atoms with E-state index < -0.39 is 10.0 Å². The molecule has 3 N–H and O–H groups in total. The molecule has 0 bridgehead atoms. The number of sulfonamides is 1. The van der Waals surface area contributed by atoms with Crippen LogP contribution in [0.3, 0.4) is 0 Å². The molecule has 0 aliphatic carbocycles. The number of ether oxygens (including phenoxy) is 1. The van der Waals surface area contributed by atoms with Crippen LogP contribution in [0, 0.1) is 0 Å². The molecule has 0 fully saturated rings. The van der Waals surface area contributed by atoms with Gasteiger partial charge in [0, 0.05) is 17.3 Å². The Balaban J connectivity index is 1.94. The third kappa shape index (κ3) is 7.61. The van der Waals surface area contributed by atoms with Gasteiger partial charge in [-0.3, -0.25) is 10.1 Å². The minimum Gasteiger partial charge on any atom is -0.491 e. The SMILES string of the molecule is CCC(C)NS(=O)(=O)c1ccc(NC(=S)NC(=O)c2ccc(OC(C)CC)cc2)cc1. The van der Waals surface area contributed by atoms with Gasteiger partial charge in [0.2, 0.25) is 10.0 Å². The molecule has 2 unspecified atom stereocenters. The normalized spacial score (nSPS) is 13.2. The second-order valence-corrected chi connectivity index (χ2v) is 9.35. The van der Waals surface area contributed by atoms with E-state index >= 15 is 0 Å².